The van der Waals surface area contributed by atoms with Gasteiger partial charge in [0.05, 0.1) is 0 Å². The topological polar surface area (TPSA) is 3.24 Å². The molecule has 1 nitrogen and oxygen atoms in total. The van der Waals surface area contributed by atoms with Crippen molar-refractivity contribution in [1.82, 2.24) is 4.90 Å². The first-order chi connectivity index (χ1) is 7.58. The van der Waals surface area contributed by atoms with Crippen LogP contribution in [0.3, 0.4) is 0 Å². The predicted octanol–water partition coefficient (Wildman–Crippen LogP) is 3.15. The molecule has 4 aliphatic carbocycles. The molecule has 0 aromatic rings. The summed E-state index contributed by atoms with van der Waals surface area (Å²) in [6, 6.07) is 0.977. The molecule has 1 heteroatoms. The molecule has 0 amide bonds. The minimum Gasteiger partial charge on any atom is -0.300 e. The van der Waals surface area contributed by atoms with Crippen molar-refractivity contribution in [2.24, 2.45) is 28.6 Å². The van der Waals surface area contributed by atoms with Crippen LogP contribution in [0.5, 0.6) is 0 Å². The monoisotopic (exact) mass is 219 g/mol. The van der Waals surface area contributed by atoms with Crippen molar-refractivity contribution in [3.05, 3.63) is 0 Å². The van der Waals surface area contributed by atoms with E-state index in [1.165, 1.54) is 32.4 Å². The molecule has 5 rings (SSSR count). The number of piperidine rings is 1. The number of hydrogen-bond acceptors (Lipinski definition) is 1. The summed E-state index contributed by atoms with van der Waals surface area (Å²) in [5.41, 5.74) is 1.35. The largest absolute Gasteiger partial charge is 0.300 e. The van der Waals surface area contributed by atoms with E-state index in [4.69, 9.17) is 0 Å². The third kappa shape index (κ3) is 0.836. The highest BCUT2D eigenvalue weighted by molar-refractivity contribution is 5.33. The fraction of sp³-hybridized carbons (Fsp3) is 1.00. The Morgan fingerprint density at radius 2 is 1.62 bits per heavy atom. The number of likely N-dealkylation sites (tertiary alicyclic amines) is 1. The van der Waals surface area contributed by atoms with Gasteiger partial charge in [-0.2, -0.15) is 0 Å². The lowest BCUT2D eigenvalue weighted by atomic mass is 9.75. The van der Waals surface area contributed by atoms with Crippen molar-refractivity contribution in [3.63, 3.8) is 0 Å². The van der Waals surface area contributed by atoms with Gasteiger partial charge in [-0.1, -0.05) is 27.2 Å². The first-order valence-electron chi connectivity index (χ1n) is 7.32. The molecule has 5 atom stereocenters. The predicted molar refractivity (Wildman–Crippen MR) is 66.2 cm³/mol. The molecule has 16 heavy (non-hydrogen) atoms. The average Bonchev–Trinajstić information content (AvgIpc) is 2.59. The summed E-state index contributed by atoms with van der Waals surface area (Å²) in [4.78, 5) is 2.87. The van der Waals surface area contributed by atoms with Crippen LogP contribution in [0, 0.1) is 28.6 Å². The summed E-state index contributed by atoms with van der Waals surface area (Å²) in [7, 11) is 0. The van der Waals surface area contributed by atoms with Crippen molar-refractivity contribution in [2.45, 2.75) is 52.5 Å². The third-order valence-electron chi connectivity index (χ3n) is 7.20. The zero-order valence-electron chi connectivity index (χ0n) is 11.0. The van der Waals surface area contributed by atoms with Crippen LogP contribution in [-0.4, -0.2) is 24.0 Å². The maximum absolute atomic E-state index is 2.87. The van der Waals surface area contributed by atoms with E-state index in [1.807, 2.05) is 0 Å². The van der Waals surface area contributed by atoms with Crippen molar-refractivity contribution < 1.29 is 0 Å². The number of hydrogen-bond donors (Lipinski definition) is 0. The Kier molecular flexibility index (Phi) is 1.67. The molecular weight excluding hydrogens is 194 g/mol. The van der Waals surface area contributed by atoms with Crippen LogP contribution in [0.4, 0.5) is 0 Å². The Labute approximate surface area is 99.6 Å². The van der Waals surface area contributed by atoms with Gasteiger partial charge in [0.25, 0.3) is 0 Å². The van der Waals surface area contributed by atoms with Crippen LogP contribution >= 0.6 is 0 Å². The van der Waals surface area contributed by atoms with E-state index >= 15 is 0 Å². The van der Waals surface area contributed by atoms with Crippen molar-refractivity contribution in [3.8, 4) is 0 Å². The first kappa shape index (κ1) is 9.94. The maximum atomic E-state index is 2.87. The second kappa shape index (κ2) is 2.68. The lowest BCUT2D eigenvalue weighted by Crippen LogP contribution is -2.43. The second-order valence-corrected chi connectivity index (χ2v) is 7.57. The molecule has 5 aliphatic rings. The fourth-order valence-corrected chi connectivity index (χ4v) is 6.01. The Hall–Kier alpha value is -0.0400. The molecule has 1 saturated heterocycles. The lowest BCUT2D eigenvalue weighted by molar-refractivity contribution is 0.103. The highest BCUT2D eigenvalue weighted by Crippen LogP contribution is 2.86. The van der Waals surface area contributed by atoms with Gasteiger partial charge in [-0.15, -0.1) is 0 Å². The maximum Gasteiger partial charge on any atom is 0.0165 e. The zero-order valence-corrected chi connectivity index (χ0v) is 11.0. The van der Waals surface area contributed by atoms with Crippen LogP contribution in [0.2, 0.25) is 0 Å². The minimum absolute atomic E-state index is 0.629. The molecule has 0 radical (unpaired) electrons. The molecule has 4 saturated carbocycles. The Morgan fingerprint density at radius 1 is 0.938 bits per heavy atom. The Morgan fingerprint density at radius 3 is 2.06 bits per heavy atom. The van der Waals surface area contributed by atoms with Gasteiger partial charge in [0, 0.05) is 6.04 Å². The van der Waals surface area contributed by atoms with Gasteiger partial charge < -0.3 is 0 Å². The molecule has 1 heterocycles. The molecular formula is C15H25N. The molecule has 90 valence electrons. The molecule has 5 unspecified atom stereocenters. The third-order valence-corrected chi connectivity index (χ3v) is 7.20. The van der Waals surface area contributed by atoms with E-state index in [0.717, 1.165) is 29.2 Å². The smallest absolute Gasteiger partial charge is 0.0165 e. The van der Waals surface area contributed by atoms with Gasteiger partial charge in [0.1, 0.15) is 0 Å². The Balaban J connectivity index is 1.65. The summed E-state index contributed by atoms with van der Waals surface area (Å²) >= 11 is 0. The van der Waals surface area contributed by atoms with E-state index in [0.29, 0.717) is 5.41 Å². The van der Waals surface area contributed by atoms with Gasteiger partial charge >= 0.3 is 0 Å². The molecule has 5 fully saturated rings. The summed E-state index contributed by atoms with van der Waals surface area (Å²) in [5, 5.41) is 0. The van der Waals surface area contributed by atoms with Gasteiger partial charge in [-0.05, 0) is 60.9 Å². The molecule has 0 N–H and O–H groups in total. The quantitative estimate of drug-likeness (QED) is 0.655. The normalized spacial score (nSPS) is 57.9. The van der Waals surface area contributed by atoms with E-state index in [2.05, 4.69) is 25.7 Å². The van der Waals surface area contributed by atoms with E-state index in [-0.39, 0.29) is 0 Å². The van der Waals surface area contributed by atoms with E-state index < -0.39 is 0 Å². The number of rotatable bonds is 1. The van der Waals surface area contributed by atoms with Gasteiger partial charge in [0.2, 0.25) is 0 Å². The van der Waals surface area contributed by atoms with Crippen LogP contribution < -0.4 is 0 Å². The second-order valence-electron chi connectivity index (χ2n) is 7.57. The van der Waals surface area contributed by atoms with Crippen molar-refractivity contribution >= 4 is 0 Å². The first-order valence-corrected chi connectivity index (χ1v) is 7.32. The summed E-state index contributed by atoms with van der Waals surface area (Å²) in [6.07, 6.45) is 5.94. The van der Waals surface area contributed by atoms with Gasteiger partial charge in [0.15, 0.2) is 0 Å². The molecule has 4 bridgehead atoms. The average molecular weight is 219 g/mol. The van der Waals surface area contributed by atoms with Crippen LogP contribution in [0.1, 0.15) is 46.5 Å². The lowest BCUT2D eigenvalue weighted by Gasteiger charge is -2.37. The fourth-order valence-electron chi connectivity index (χ4n) is 6.01. The van der Waals surface area contributed by atoms with E-state index in [9.17, 15) is 0 Å². The summed E-state index contributed by atoms with van der Waals surface area (Å²) in [5.74, 6) is 3.19. The SMILES string of the molecule is CC1(C)C2CC3C(C2N2CCCCC2)C31C. The van der Waals surface area contributed by atoms with Gasteiger partial charge in [-0.25, -0.2) is 0 Å². The molecule has 0 aromatic heterocycles. The zero-order chi connectivity index (χ0) is 11.1. The Bertz CT molecular complexity index is 326. The van der Waals surface area contributed by atoms with Gasteiger partial charge in [-0.3, -0.25) is 4.90 Å². The molecule has 1 aliphatic heterocycles. The van der Waals surface area contributed by atoms with Crippen molar-refractivity contribution in [1.29, 1.82) is 0 Å². The highest BCUT2D eigenvalue weighted by Gasteiger charge is 2.84. The standard InChI is InChI=1S/C15H25N/c1-14(2)11-9-10-12(15(10,14)3)13(11)16-7-5-4-6-8-16/h10-13H,4-9H2,1-3H3. The van der Waals surface area contributed by atoms with Crippen LogP contribution in [0.15, 0.2) is 0 Å². The minimum atomic E-state index is 0.629. The molecule has 0 aromatic carbocycles. The molecule has 0 spiro atoms. The van der Waals surface area contributed by atoms with Crippen LogP contribution in [-0.2, 0) is 0 Å². The van der Waals surface area contributed by atoms with Crippen LogP contribution in [0.25, 0.3) is 0 Å². The highest BCUT2D eigenvalue weighted by atomic mass is 15.2. The summed E-state index contributed by atoms with van der Waals surface area (Å²) < 4.78 is 0. The van der Waals surface area contributed by atoms with Crippen molar-refractivity contribution in [2.75, 3.05) is 13.1 Å². The summed E-state index contributed by atoms with van der Waals surface area (Å²) in [6.45, 7) is 10.5. The number of nitrogens with zero attached hydrogens (tertiary/aromatic N) is 1. The van der Waals surface area contributed by atoms with E-state index in [1.54, 1.807) is 6.42 Å².